The monoisotopic (exact) mass is 271 g/mol. The molecule has 0 radical (unpaired) electrons. The highest BCUT2D eigenvalue weighted by atomic mass is 16.5. The molecule has 3 N–H and O–H groups in total. The smallest absolute Gasteiger partial charge is 0.354 e. The molecule has 0 fully saturated rings. The number of ether oxygens (including phenoxy) is 1. The molecule has 20 heavy (non-hydrogen) atoms. The largest absolute Gasteiger partial charge is 0.478 e. The zero-order valence-electron chi connectivity index (χ0n) is 10.5. The first-order chi connectivity index (χ1) is 9.59. The number of nitrogens with two attached hydrogens (primary N) is 1. The van der Waals surface area contributed by atoms with E-state index in [1.807, 2.05) is 30.3 Å². The number of hydrogen-bond acceptors (Lipinski definition) is 3. The fourth-order valence-corrected chi connectivity index (χ4v) is 1.78. The Hall–Kier alpha value is -2.82. The van der Waals surface area contributed by atoms with Gasteiger partial charge in [-0.3, -0.25) is 4.79 Å². The minimum atomic E-state index is -1.71. The van der Waals surface area contributed by atoms with Crippen LogP contribution >= 0.6 is 0 Å². The van der Waals surface area contributed by atoms with Crippen LogP contribution < -0.4 is 10.5 Å². The Morgan fingerprint density at radius 2 is 1.60 bits per heavy atom. The lowest BCUT2D eigenvalue weighted by Crippen LogP contribution is -2.40. The number of aliphatic carboxylic acids is 1. The van der Waals surface area contributed by atoms with Gasteiger partial charge in [-0.15, -0.1) is 0 Å². The highest BCUT2D eigenvalue weighted by Gasteiger charge is 2.26. The van der Waals surface area contributed by atoms with E-state index < -0.39 is 18.0 Å². The summed E-state index contributed by atoms with van der Waals surface area (Å²) in [5.41, 5.74) is 6.58. The zero-order valence-corrected chi connectivity index (χ0v) is 10.5. The quantitative estimate of drug-likeness (QED) is 0.809. The number of carbonyl (C=O) groups excluding carboxylic acids is 1. The van der Waals surface area contributed by atoms with Gasteiger partial charge in [0.05, 0.1) is 0 Å². The number of rotatable bonds is 5. The van der Waals surface area contributed by atoms with Crippen molar-refractivity contribution in [2.75, 3.05) is 0 Å². The normalized spacial score (nSPS) is 11.6. The van der Waals surface area contributed by atoms with E-state index in [0.29, 0.717) is 11.3 Å². The van der Waals surface area contributed by atoms with Crippen LogP contribution in [0.2, 0.25) is 0 Å². The van der Waals surface area contributed by atoms with Crippen LogP contribution in [0.1, 0.15) is 0 Å². The molecule has 5 nitrogen and oxygen atoms in total. The van der Waals surface area contributed by atoms with Gasteiger partial charge in [0, 0.05) is 5.56 Å². The van der Waals surface area contributed by atoms with Crippen molar-refractivity contribution >= 4 is 11.9 Å². The van der Waals surface area contributed by atoms with Gasteiger partial charge >= 0.3 is 5.97 Å². The maximum Gasteiger partial charge on any atom is 0.354 e. The highest BCUT2D eigenvalue weighted by Crippen LogP contribution is 2.30. The first-order valence-corrected chi connectivity index (χ1v) is 5.93. The molecule has 2 rings (SSSR count). The van der Waals surface area contributed by atoms with Crippen molar-refractivity contribution in [1.29, 1.82) is 0 Å². The number of hydrogen-bond donors (Lipinski definition) is 2. The van der Waals surface area contributed by atoms with Crippen molar-refractivity contribution in [1.82, 2.24) is 0 Å². The van der Waals surface area contributed by atoms with Crippen LogP contribution in [0.4, 0.5) is 0 Å². The summed E-state index contributed by atoms with van der Waals surface area (Å²) < 4.78 is 5.25. The second kappa shape index (κ2) is 5.88. The molecule has 0 spiro atoms. The molecule has 0 saturated carbocycles. The molecule has 102 valence electrons. The molecule has 1 atom stereocenters. The SMILES string of the molecule is NC(=O)C(Oc1ccccc1-c1ccccc1)C(=O)O. The van der Waals surface area contributed by atoms with Gasteiger partial charge in [0.15, 0.2) is 0 Å². The van der Waals surface area contributed by atoms with Crippen LogP contribution in [0.15, 0.2) is 54.6 Å². The molecule has 0 saturated heterocycles. The van der Waals surface area contributed by atoms with E-state index in [-0.39, 0.29) is 0 Å². The second-order valence-electron chi connectivity index (χ2n) is 4.10. The Balaban J connectivity index is 2.38. The molecule has 0 aliphatic heterocycles. The lowest BCUT2D eigenvalue weighted by atomic mass is 10.0. The third-order valence-corrected chi connectivity index (χ3v) is 2.70. The van der Waals surface area contributed by atoms with Crippen LogP contribution in [0, 0.1) is 0 Å². The first kappa shape index (κ1) is 13.6. The van der Waals surface area contributed by atoms with Gasteiger partial charge in [-0.2, -0.15) is 0 Å². The summed E-state index contributed by atoms with van der Waals surface area (Å²) in [6.45, 7) is 0. The van der Waals surface area contributed by atoms with Crippen LogP contribution in [0.3, 0.4) is 0 Å². The number of primary amides is 1. The lowest BCUT2D eigenvalue weighted by molar-refractivity contribution is -0.149. The second-order valence-corrected chi connectivity index (χ2v) is 4.10. The van der Waals surface area contributed by atoms with Crippen molar-refractivity contribution in [3.63, 3.8) is 0 Å². The van der Waals surface area contributed by atoms with Gasteiger partial charge in [-0.05, 0) is 11.6 Å². The summed E-state index contributed by atoms with van der Waals surface area (Å²) >= 11 is 0. The van der Waals surface area contributed by atoms with E-state index in [1.54, 1.807) is 24.3 Å². The zero-order chi connectivity index (χ0) is 14.5. The Morgan fingerprint density at radius 3 is 2.20 bits per heavy atom. The summed E-state index contributed by atoms with van der Waals surface area (Å²) in [7, 11) is 0. The summed E-state index contributed by atoms with van der Waals surface area (Å²) in [6.07, 6.45) is -1.71. The van der Waals surface area contributed by atoms with Gasteiger partial charge in [0.2, 0.25) is 0 Å². The van der Waals surface area contributed by atoms with Gasteiger partial charge in [0.25, 0.3) is 12.0 Å². The van der Waals surface area contributed by atoms with E-state index in [0.717, 1.165) is 5.56 Å². The fraction of sp³-hybridized carbons (Fsp3) is 0.0667. The molecule has 0 bridgehead atoms. The van der Waals surface area contributed by atoms with E-state index in [1.165, 1.54) is 0 Å². The standard InChI is InChI=1S/C15H13NO4/c16-14(17)13(15(18)19)20-12-9-5-4-8-11(12)10-6-2-1-3-7-10/h1-9,13H,(H2,16,17)(H,18,19). The molecular formula is C15H13NO4. The molecule has 2 aromatic rings. The molecule has 1 amide bonds. The number of carbonyl (C=O) groups is 2. The van der Waals surface area contributed by atoms with Gasteiger partial charge in [0.1, 0.15) is 5.75 Å². The summed E-state index contributed by atoms with van der Waals surface area (Å²) in [5, 5.41) is 8.94. The highest BCUT2D eigenvalue weighted by molar-refractivity contribution is 5.99. The van der Waals surface area contributed by atoms with E-state index in [4.69, 9.17) is 15.6 Å². The van der Waals surface area contributed by atoms with Crippen LogP contribution in [0.5, 0.6) is 5.75 Å². The van der Waals surface area contributed by atoms with Gasteiger partial charge in [-0.1, -0.05) is 48.5 Å². The van der Waals surface area contributed by atoms with Gasteiger partial charge in [-0.25, -0.2) is 4.79 Å². The molecule has 0 aliphatic rings. The minimum Gasteiger partial charge on any atom is -0.478 e. The Labute approximate surface area is 115 Å². The molecule has 2 aromatic carbocycles. The number of benzene rings is 2. The number of carboxylic acids is 1. The van der Waals surface area contributed by atoms with Crippen LogP contribution in [-0.2, 0) is 9.59 Å². The Bertz CT molecular complexity index is 611. The molecule has 0 aromatic heterocycles. The number of carboxylic acid groups (broad SMARTS) is 1. The third-order valence-electron chi connectivity index (χ3n) is 2.70. The topological polar surface area (TPSA) is 89.6 Å². The van der Waals surface area contributed by atoms with E-state index in [9.17, 15) is 9.59 Å². The van der Waals surface area contributed by atoms with Crippen LogP contribution in [-0.4, -0.2) is 23.1 Å². The lowest BCUT2D eigenvalue weighted by Gasteiger charge is -2.15. The van der Waals surface area contributed by atoms with Crippen molar-refractivity contribution < 1.29 is 19.4 Å². The predicted octanol–water partition coefficient (Wildman–Crippen LogP) is 1.67. The van der Waals surface area contributed by atoms with Gasteiger partial charge < -0.3 is 15.6 Å². The average Bonchev–Trinajstić information content (AvgIpc) is 2.45. The Kier molecular flexibility index (Phi) is 4.00. The molecule has 5 heteroatoms. The number of para-hydroxylation sites is 1. The van der Waals surface area contributed by atoms with Crippen molar-refractivity contribution in [3.8, 4) is 16.9 Å². The van der Waals surface area contributed by atoms with E-state index >= 15 is 0 Å². The summed E-state index contributed by atoms with van der Waals surface area (Å²) in [5.74, 6) is -2.16. The maximum atomic E-state index is 11.1. The third kappa shape index (κ3) is 2.95. The van der Waals surface area contributed by atoms with Crippen molar-refractivity contribution in [2.45, 2.75) is 6.10 Å². The molecular weight excluding hydrogens is 258 g/mol. The average molecular weight is 271 g/mol. The molecule has 0 aliphatic carbocycles. The minimum absolute atomic E-state index is 0.296. The fourth-order valence-electron chi connectivity index (χ4n) is 1.78. The van der Waals surface area contributed by atoms with Crippen molar-refractivity contribution in [2.24, 2.45) is 5.73 Å². The molecule has 1 unspecified atom stereocenters. The molecule has 0 heterocycles. The van der Waals surface area contributed by atoms with E-state index in [2.05, 4.69) is 0 Å². The number of amides is 1. The Morgan fingerprint density at radius 1 is 1.00 bits per heavy atom. The maximum absolute atomic E-state index is 11.1. The summed E-state index contributed by atoms with van der Waals surface area (Å²) in [6, 6.07) is 16.2. The van der Waals surface area contributed by atoms with Crippen LogP contribution in [0.25, 0.3) is 11.1 Å². The predicted molar refractivity (Wildman–Crippen MR) is 73.1 cm³/mol. The van der Waals surface area contributed by atoms with Crippen molar-refractivity contribution in [3.05, 3.63) is 54.6 Å². The first-order valence-electron chi connectivity index (χ1n) is 5.93. The summed E-state index contributed by atoms with van der Waals surface area (Å²) in [4.78, 5) is 22.1.